The first-order chi connectivity index (χ1) is 11.9. The summed E-state index contributed by atoms with van der Waals surface area (Å²) in [6.07, 6.45) is 2.80. The fourth-order valence-corrected chi connectivity index (χ4v) is 2.03. The van der Waals surface area contributed by atoms with E-state index in [1.54, 1.807) is 24.4 Å². The summed E-state index contributed by atoms with van der Waals surface area (Å²) in [6.45, 7) is 1.88. The molecule has 25 heavy (non-hydrogen) atoms. The summed E-state index contributed by atoms with van der Waals surface area (Å²) in [5, 5.41) is 25.1. The van der Waals surface area contributed by atoms with E-state index in [2.05, 4.69) is 15.6 Å². The highest BCUT2D eigenvalue weighted by molar-refractivity contribution is 6.32. The van der Waals surface area contributed by atoms with E-state index in [4.69, 9.17) is 16.9 Å². The van der Waals surface area contributed by atoms with Gasteiger partial charge in [-0.15, -0.1) is 0 Å². The Morgan fingerprint density at radius 2 is 2.16 bits per heavy atom. The van der Waals surface area contributed by atoms with Crippen LogP contribution in [0.3, 0.4) is 0 Å². The maximum atomic E-state index is 12.1. The summed E-state index contributed by atoms with van der Waals surface area (Å²) in [5.74, 6) is -0.248. The molecule has 2 N–H and O–H groups in total. The molecule has 9 heteroatoms. The second-order valence-electron chi connectivity index (χ2n) is 4.91. The Morgan fingerprint density at radius 1 is 1.40 bits per heavy atom. The summed E-state index contributed by atoms with van der Waals surface area (Å²) in [7, 11) is 0. The molecule has 1 aromatic heterocycles. The number of benzene rings is 1. The van der Waals surface area contributed by atoms with Gasteiger partial charge in [-0.05, 0) is 36.8 Å². The van der Waals surface area contributed by atoms with Crippen molar-refractivity contribution in [1.82, 2.24) is 4.98 Å². The van der Waals surface area contributed by atoms with Crippen LogP contribution in [0, 0.1) is 28.4 Å². The molecule has 1 heterocycles. The van der Waals surface area contributed by atoms with Gasteiger partial charge >= 0.3 is 0 Å². The van der Waals surface area contributed by atoms with Crippen LogP contribution >= 0.6 is 11.6 Å². The number of nitriles is 1. The molecule has 1 amide bonds. The van der Waals surface area contributed by atoms with Crippen LogP contribution in [-0.4, -0.2) is 15.8 Å². The van der Waals surface area contributed by atoms with Gasteiger partial charge in [-0.25, -0.2) is 4.98 Å². The molecular formula is C16H12ClN5O3. The normalized spacial score (nSPS) is 10.7. The van der Waals surface area contributed by atoms with E-state index in [1.165, 1.54) is 18.3 Å². The molecule has 1 aromatic carbocycles. The number of nitro benzene ring substituents is 1. The van der Waals surface area contributed by atoms with Gasteiger partial charge in [-0.3, -0.25) is 14.9 Å². The van der Waals surface area contributed by atoms with Crippen LogP contribution in [0.1, 0.15) is 5.56 Å². The third kappa shape index (κ3) is 4.76. The summed E-state index contributed by atoms with van der Waals surface area (Å²) in [4.78, 5) is 26.4. The van der Waals surface area contributed by atoms with Crippen LogP contribution in [0.4, 0.5) is 17.2 Å². The SMILES string of the molecule is Cc1ccnc(N/C=C(/C#N)C(=O)Nc2ccc(Cl)c([N+](=O)[O-])c2)c1. The maximum Gasteiger partial charge on any atom is 0.289 e. The van der Waals surface area contributed by atoms with E-state index < -0.39 is 10.8 Å². The fraction of sp³-hybridized carbons (Fsp3) is 0.0625. The molecule has 2 rings (SSSR count). The highest BCUT2D eigenvalue weighted by Gasteiger charge is 2.15. The van der Waals surface area contributed by atoms with Gasteiger partial charge in [-0.1, -0.05) is 11.6 Å². The molecule has 0 fully saturated rings. The van der Waals surface area contributed by atoms with E-state index in [9.17, 15) is 14.9 Å². The van der Waals surface area contributed by atoms with E-state index in [1.807, 2.05) is 6.92 Å². The molecule has 0 saturated carbocycles. The average molecular weight is 358 g/mol. The lowest BCUT2D eigenvalue weighted by molar-refractivity contribution is -0.384. The Balaban J connectivity index is 2.15. The molecule has 0 radical (unpaired) electrons. The molecule has 0 spiro atoms. The molecule has 126 valence electrons. The molecule has 2 aromatic rings. The second-order valence-corrected chi connectivity index (χ2v) is 5.32. The number of nitrogens with one attached hydrogen (secondary N) is 2. The number of hydrogen-bond donors (Lipinski definition) is 2. The number of amides is 1. The van der Waals surface area contributed by atoms with Crippen molar-refractivity contribution in [2.45, 2.75) is 6.92 Å². The number of nitro groups is 1. The molecule has 0 bridgehead atoms. The summed E-state index contributed by atoms with van der Waals surface area (Å²) < 4.78 is 0. The van der Waals surface area contributed by atoms with Gasteiger partial charge in [0.1, 0.15) is 22.5 Å². The third-order valence-electron chi connectivity index (χ3n) is 3.05. The smallest absolute Gasteiger partial charge is 0.289 e. The Labute approximate surface area is 147 Å². The first kappa shape index (κ1) is 17.9. The number of nitrogens with zero attached hydrogens (tertiary/aromatic N) is 3. The highest BCUT2D eigenvalue weighted by Crippen LogP contribution is 2.27. The quantitative estimate of drug-likeness (QED) is 0.366. The lowest BCUT2D eigenvalue weighted by Gasteiger charge is -2.06. The average Bonchev–Trinajstić information content (AvgIpc) is 2.57. The number of hydrogen-bond acceptors (Lipinski definition) is 6. The number of anilines is 2. The number of halogens is 1. The monoisotopic (exact) mass is 357 g/mol. The van der Waals surface area contributed by atoms with Gasteiger partial charge in [0.15, 0.2) is 0 Å². The lowest BCUT2D eigenvalue weighted by atomic mass is 10.2. The van der Waals surface area contributed by atoms with Crippen molar-refractivity contribution in [3.8, 4) is 6.07 Å². The molecular weight excluding hydrogens is 346 g/mol. The Morgan fingerprint density at radius 3 is 2.80 bits per heavy atom. The minimum absolute atomic E-state index is 0.0498. The zero-order valence-electron chi connectivity index (χ0n) is 13.0. The second kappa shape index (κ2) is 7.90. The van der Waals surface area contributed by atoms with Crippen molar-refractivity contribution < 1.29 is 9.72 Å². The molecule has 0 saturated heterocycles. The number of pyridine rings is 1. The van der Waals surface area contributed by atoms with Crippen LogP contribution in [0.2, 0.25) is 5.02 Å². The minimum Gasteiger partial charge on any atom is -0.345 e. The van der Waals surface area contributed by atoms with Crippen molar-refractivity contribution in [2.75, 3.05) is 10.6 Å². The van der Waals surface area contributed by atoms with Gasteiger partial charge in [0.25, 0.3) is 11.6 Å². The Kier molecular flexibility index (Phi) is 5.66. The van der Waals surface area contributed by atoms with Crippen molar-refractivity contribution in [2.24, 2.45) is 0 Å². The van der Waals surface area contributed by atoms with Crippen LogP contribution in [-0.2, 0) is 4.79 Å². The van der Waals surface area contributed by atoms with Crippen molar-refractivity contribution >= 4 is 34.7 Å². The molecule has 0 atom stereocenters. The van der Waals surface area contributed by atoms with E-state index in [-0.39, 0.29) is 22.0 Å². The summed E-state index contributed by atoms with van der Waals surface area (Å²) in [6, 6.07) is 9.11. The first-order valence-electron chi connectivity index (χ1n) is 6.95. The predicted octanol–water partition coefficient (Wildman–Crippen LogP) is 3.41. The number of aryl methyl sites for hydroxylation is 1. The number of rotatable bonds is 5. The predicted molar refractivity (Wildman–Crippen MR) is 93.0 cm³/mol. The van der Waals surface area contributed by atoms with E-state index >= 15 is 0 Å². The summed E-state index contributed by atoms with van der Waals surface area (Å²) >= 11 is 5.71. The standard InChI is InChI=1S/C16H12ClN5O3/c1-10-4-5-19-15(6-10)20-9-11(8-18)16(23)21-12-2-3-13(17)14(7-12)22(24)25/h2-7,9H,1H3,(H,19,20)(H,21,23)/b11-9-. The van der Waals surface area contributed by atoms with Crippen LogP contribution < -0.4 is 10.6 Å². The number of carbonyl (C=O) groups excluding carboxylic acids is 1. The van der Waals surface area contributed by atoms with Crippen molar-refractivity contribution in [1.29, 1.82) is 5.26 Å². The molecule has 8 nitrogen and oxygen atoms in total. The fourth-order valence-electron chi connectivity index (χ4n) is 1.84. The van der Waals surface area contributed by atoms with Crippen LogP contribution in [0.15, 0.2) is 48.3 Å². The Bertz CT molecular complexity index is 905. The van der Waals surface area contributed by atoms with Gasteiger partial charge < -0.3 is 10.6 Å². The molecule has 0 aliphatic rings. The highest BCUT2D eigenvalue weighted by atomic mass is 35.5. The minimum atomic E-state index is -0.723. The largest absolute Gasteiger partial charge is 0.345 e. The summed E-state index contributed by atoms with van der Waals surface area (Å²) in [5.41, 5.74) is 0.545. The van der Waals surface area contributed by atoms with Crippen molar-refractivity contribution in [3.63, 3.8) is 0 Å². The Hall–Kier alpha value is -3.44. The van der Waals surface area contributed by atoms with Gasteiger partial charge in [0, 0.05) is 24.2 Å². The van der Waals surface area contributed by atoms with E-state index in [0.717, 1.165) is 11.6 Å². The molecule has 0 unspecified atom stereocenters. The first-order valence-corrected chi connectivity index (χ1v) is 7.33. The third-order valence-corrected chi connectivity index (χ3v) is 3.37. The van der Waals surface area contributed by atoms with E-state index in [0.29, 0.717) is 5.82 Å². The van der Waals surface area contributed by atoms with Crippen LogP contribution in [0.5, 0.6) is 0 Å². The van der Waals surface area contributed by atoms with Gasteiger partial charge in [0.05, 0.1) is 4.92 Å². The molecule has 0 aliphatic carbocycles. The zero-order chi connectivity index (χ0) is 18.4. The van der Waals surface area contributed by atoms with Crippen LogP contribution in [0.25, 0.3) is 0 Å². The molecule has 0 aliphatic heterocycles. The number of aromatic nitrogens is 1. The van der Waals surface area contributed by atoms with Gasteiger partial charge in [-0.2, -0.15) is 5.26 Å². The zero-order valence-corrected chi connectivity index (χ0v) is 13.7. The van der Waals surface area contributed by atoms with Crippen molar-refractivity contribution in [3.05, 3.63) is 69.0 Å². The number of carbonyl (C=O) groups is 1. The topological polar surface area (TPSA) is 121 Å². The van der Waals surface area contributed by atoms with Gasteiger partial charge in [0.2, 0.25) is 0 Å². The lowest BCUT2D eigenvalue weighted by Crippen LogP contribution is -2.14. The maximum absolute atomic E-state index is 12.1.